The van der Waals surface area contributed by atoms with Crippen molar-refractivity contribution in [2.75, 3.05) is 0 Å². The van der Waals surface area contributed by atoms with Crippen LogP contribution in [0.3, 0.4) is 0 Å². The quantitative estimate of drug-likeness (QED) is 0.385. The standard InChI is InChI=1S/C8H14O3/c1-7(9)5-4-6-8(2,3)11-10/h4,6,10H,5H2,1-3H3. The van der Waals surface area contributed by atoms with E-state index in [4.69, 9.17) is 5.26 Å². The number of Topliss-reactive ketones (excluding diaryl/α,β-unsaturated/α-hetero) is 1. The molecule has 0 spiro atoms. The molecule has 11 heavy (non-hydrogen) atoms. The van der Waals surface area contributed by atoms with Gasteiger partial charge in [-0.05, 0) is 20.8 Å². The zero-order chi connectivity index (χ0) is 8.91. The molecule has 0 aromatic carbocycles. The van der Waals surface area contributed by atoms with Gasteiger partial charge in [0.25, 0.3) is 0 Å². The lowest BCUT2D eigenvalue weighted by molar-refractivity contribution is -0.297. The first-order valence-electron chi connectivity index (χ1n) is 3.47. The molecule has 0 aliphatic rings. The molecule has 3 heteroatoms. The Bertz CT molecular complexity index is 159. The zero-order valence-electron chi connectivity index (χ0n) is 7.13. The van der Waals surface area contributed by atoms with Crippen LogP contribution >= 0.6 is 0 Å². The number of allylic oxidation sites excluding steroid dienone is 1. The molecule has 0 unspecified atom stereocenters. The number of carbonyl (C=O) groups is 1. The molecule has 0 rings (SSSR count). The summed E-state index contributed by atoms with van der Waals surface area (Å²) in [6.07, 6.45) is 3.71. The summed E-state index contributed by atoms with van der Waals surface area (Å²) in [5.41, 5.74) is -0.699. The molecule has 1 N–H and O–H groups in total. The number of hydrogen-bond donors (Lipinski definition) is 1. The van der Waals surface area contributed by atoms with Crippen LogP contribution in [0.2, 0.25) is 0 Å². The maximum Gasteiger partial charge on any atom is 0.133 e. The van der Waals surface area contributed by atoms with E-state index in [1.165, 1.54) is 6.92 Å². The van der Waals surface area contributed by atoms with Gasteiger partial charge in [-0.3, -0.25) is 10.1 Å². The normalized spacial score (nSPS) is 12.4. The molecule has 0 aliphatic heterocycles. The van der Waals surface area contributed by atoms with Crippen LogP contribution in [-0.2, 0) is 9.68 Å². The Morgan fingerprint density at radius 1 is 1.64 bits per heavy atom. The van der Waals surface area contributed by atoms with E-state index in [1.54, 1.807) is 26.0 Å². The van der Waals surface area contributed by atoms with E-state index in [0.717, 1.165) is 0 Å². The van der Waals surface area contributed by atoms with E-state index in [0.29, 0.717) is 6.42 Å². The Morgan fingerprint density at radius 2 is 2.18 bits per heavy atom. The minimum atomic E-state index is -0.699. The van der Waals surface area contributed by atoms with Crippen LogP contribution in [0.15, 0.2) is 12.2 Å². The number of ketones is 1. The Morgan fingerprint density at radius 3 is 2.55 bits per heavy atom. The summed E-state index contributed by atoms with van der Waals surface area (Å²) in [5, 5.41) is 8.32. The first-order valence-corrected chi connectivity index (χ1v) is 3.47. The molecule has 0 atom stereocenters. The van der Waals surface area contributed by atoms with Crippen LogP contribution in [0.25, 0.3) is 0 Å². The molecule has 0 saturated heterocycles. The summed E-state index contributed by atoms with van der Waals surface area (Å²) < 4.78 is 0. The molecule has 0 saturated carbocycles. The smallest absolute Gasteiger partial charge is 0.133 e. The van der Waals surface area contributed by atoms with Gasteiger partial charge < -0.3 is 0 Å². The van der Waals surface area contributed by atoms with Gasteiger partial charge in [-0.25, -0.2) is 4.89 Å². The van der Waals surface area contributed by atoms with Crippen LogP contribution < -0.4 is 0 Å². The average Bonchev–Trinajstić information content (AvgIpc) is 1.87. The van der Waals surface area contributed by atoms with Crippen molar-refractivity contribution in [3.05, 3.63) is 12.2 Å². The summed E-state index contributed by atoms with van der Waals surface area (Å²) in [6, 6.07) is 0. The topological polar surface area (TPSA) is 46.5 Å². The molecule has 0 radical (unpaired) electrons. The van der Waals surface area contributed by atoms with E-state index in [1.807, 2.05) is 0 Å². The second-order valence-electron chi connectivity index (χ2n) is 3.00. The van der Waals surface area contributed by atoms with Gasteiger partial charge in [0.05, 0.1) is 0 Å². The lowest BCUT2D eigenvalue weighted by Crippen LogP contribution is -2.18. The van der Waals surface area contributed by atoms with Crippen LogP contribution in [0.1, 0.15) is 27.2 Å². The molecular formula is C8H14O3. The number of carbonyl (C=O) groups excluding carboxylic acids is 1. The van der Waals surface area contributed by atoms with E-state index in [9.17, 15) is 4.79 Å². The van der Waals surface area contributed by atoms with Crippen molar-refractivity contribution in [3.8, 4) is 0 Å². The van der Waals surface area contributed by atoms with Gasteiger partial charge in [0.2, 0.25) is 0 Å². The summed E-state index contributed by atoms with van der Waals surface area (Å²) in [5.74, 6) is 0.0926. The highest BCUT2D eigenvalue weighted by atomic mass is 17.1. The first kappa shape index (κ1) is 10.3. The van der Waals surface area contributed by atoms with Crippen molar-refractivity contribution in [2.45, 2.75) is 32.8 Å². The molecule has 0 bridgehead atoms. The van der Waals surface area contributed by atoms with Crippen molar-refractivity contribution in [1.29, 1.82) is 0 Å². The first-order chi connectivity index (χ1) is 4.98. The number of rotatable bonds is 4. The zero-order valence-corrected chi connectivity index (χ0v) is 7.13. The van der Waals surface area contributed by atoms with Crippen molar-refractivity contribution in [1.82, 2.24) is 0 Å². The lowest BCUT2D eigenvalue weighted by Gasteiger charge is -2.14. The predicted molar refractivity (Wildman–Crippen MR) is 42.2 cm³/mol. The van der Waals surface area contributed by atoms with Crippen molar-refractivity contribution >= 4 is 5.78 Å². The molecule has 3 nitrogen and oxygen atoms in total. The fourth-order valence-corrected chi connectivity index (χ4v) is 0.539. The van der Waals surface area contributed by atoms with Gasteiger partial charge in [0.1, 0.15) is 11.4 Å². The Labute approximate surface area is 66.6 Å². The van der Waals surface area contributed by atoms with Crippen LogP contribution in [0.4, 0.5) is 0 Å². The van der Waals surface area contributed by atoms with Crippen molar-refractivity contribution in [2.24, 2.45) is 0 Å². The van der Waals surface area contributed by atoms with E-state index in [2.05, 4.69) is 4.89 Å². The van der Waals surface area contributed by atoms with E-state index < -0.39 is 5.60 Å². The molecule has 0 aromatic rings. The third-order valence-corrected chi connectivity index (χ3v) is 1.16. The van der Waals surface area contributed by atoms with Gasteiger partial charge in [0, 0.05) is 6.42 Å². The second-order valence-corrected chi connectivity index (χ2v) is 3.00. The molecule has 0 aliphatic carbocycles. The third-order valence-electron chi connectivity index (χ3n) is 1.16. The second kappa shape index (κ2) is 4.26. The highest BCUT2D eigenvalue weighted by Crippen LogP contribution is 2.08. The summed E-state index contributed by atoms with van der Waals surface area (Å²) in [4.78, 5) is 14.6. The molecular weight excluding hydrogens is 144 g/mol. The SMILES string of the molecule is CC(=O)CC=CC(C)(C)OO. The monoisotopic (exact) mass is 158 g/mol. The fraction of sp³-hybridized carbons (Fsp3) is 0.625. The average molecular weight is 158 g/mol. The van der Waals surface area contributed by atoms with Crippen molar-refractivity contribution < 1.29 is 14.9 Å². The van der Waals surface area contributed by atoms with Crippen molar-refractivity contribution in [3.63, 3.8) is 0 Å². The Hall–Kier alpha value is -0.670. The molecule has 64 valence electrons. The highest BCUT2D eigenvalue weighted by Gasteiger charge is 2.12. The minimum absolute atomic E-state index is 0.0926. The van der Waals surface area contributed by atoms with E-state index in [-0.39, 0.29) is 5.78 Å². The fourth-order valence-electron chi connectivity index (χ4n) is 0.539. The van der Waals surface area contributed by atoms with E-state index >= 15 is 0 Å². The maximum atomic E-state index is 10.5. The van der Waals surface area contributed by atoms with Gasteiger partial charge >= 0.3 is 0 Å². The van der Waals surface area contributed by atoms with Crippen LogP contribution in [0, 0.1) is 0 Å². The summed E-state index contributed by atoms with van der Waals surface area (Å²) in [6.45, 7) is 4.91. The lowest BCUT2D eigenvalue weighted by atomic mass is 10.1. The summed E-state index contributed by atoms with van der Waals surface area (Å²) in [7, 11) is 0. The van der Waals surface area contributed by atoms with Gasteiger partial charge in [-0.15, -0.1) is 0 Å². The largest absolute Gasteiger partial charge is 0.300 e. The predicted octanol–water partition coefficient (Wildman–Crippen LogP) is 1.79. The molecule has 0 aromatic heterocycles. The minimum Gasteiger partial charge on any atom is -0.300 e. The third kappa shape index (κ3) is 5.76. The van der Waals surface area contributed by atoms with Gasteiger partial charge in [-0.2, -0.15) is 0 Å². The highest BCUT2D eigenvalue weighted by molar-refractivity contribution is 5.76. The van der Waals surface area contributed by atoms with Crippen LogP contribution in [0.5, 0.6) is 0 Å². The Kier molecular flexibility index (Phi) is 4.00. The molecule has 0 fully saturated rings. The summed E-state index contributed by atoms with van der Waals surface area (Å²) >= 11 is 0. The van der Waals surface area contributed by atoms with Gasteiger partial charge in [-0.1, -0.05) is 12.2 Å². The van der Waals surface area contributed by atoms with Crippen LogP contribution in [-0.4, -0.2) is 16.6 Å². The Balaban J connectivity index is 3.82. The molecule has 0 amide bonds. The maximum absolute atomic E-state index is 10.5. The number of hydrogen-bond acceptors (Lipinski definition) is 3. The molecule has 0 heterocycles. The van der Waals surface area contributed by atoms with Gasteiger partial charge in [0.15, 0.2) is 0 Å².